The fourth-order valence-corrected chi connectivity index (χ4v) is 3.99. The van der Waals surface area contributed by atoms with Crippen LogP contribution < -0.4 is 21.3 Å². The molecule has 1 fully saturated rings. The Morgan fingerprint density at radius 3 is 2.47 bits per heavy atom. The molecule has 0 bridgehead atoms. The molecule has 10 nitrogen and oxygen atoms in total. The molecule has 0 radical (unpaired) electrons. The minimum absolute atomic E-state index is 0.0174. The number of alkyl halides is 3. The van der Waals surface area contributed by atoms with Crippen LogP contribution in [-0.2, 0) is 13.1 Å². The van der Waals surface area contributed by atoms with Gasteiger partial charge in [-0.2, -0.15) is 0 Å². The van der Waals surface area contributed by atoms with E-state index in [1.54, 1.807) is 30.3 Å². The van der Waals surface area contributed by atoms with Crippen LogP contribution in [0, 0.1) is 0 Å². The molecule has 4 rings (SSSR count). The van der Waals surface area contributed by atoms with Gasteiger partial charge in [0.15, 0.2) is 0 Å². The summed E-state index contributed by atoms with van der Waals surface area (Å²) in [5, 5.41) is 12.0. The first-order chi connectivity index (χ1) is 18.0. The third kappa shape index (κ3) is 6.48. The van der Waals surface area contributed by atoms with Gasteiger partial charge in [-0.15, -0.1) is 13.2 Å². The molecular weight excluding hydrogens is 509 g/mol. The lowest BCUT2D eigenvalue weighted by molar-refractivity contribution is -0.274. The Bertz CT molecular complexity index is 1420. The molecule has 1 saturated heterocycles. The monoisotopic (exact) mass is 532 g/mol. The number of carbonyl (C=O) groups excluding carboxylic acids is 2. The number of amides is 2. The molecule has 2 heterocycles. The number of hydrogen-bond donors (Lipinski definition) is 3. The van der Waals surface area contributed by atoms with Crippen molar-refractivity contribution in [3.05, 3.63) is 97.8 Å². The summed E-state index contributed by atoms with van der Waals surface area (Å²) in [5.74, 6) is -2.18. The molecule has 3 aromatic rings. The number of β-amino-alcohol motifs (C(OH)–C–C–N with tert-alkyl or cyclic N) is 1. The van der Waals surface area contributed by atoms with Gasteiger partial charge in [0.25, 0.3) is 17.4 Å². The number of aromatic nitrogens is 2. The van der Waals surface area contributed by atoms with Crippen molar-refractivity contribution >= 4 is 11.8 Å². The molecule has 1 atom stereocenters. The van der Waals surface area contributed by atoms with E-state index >= 15 is 0 Å². The molecule has 0 spiro atoms. The molecule has 2 amide bonds. The summed E-state index contributed by atoms with van der Waals surface area (Å²) in [5.41, 5.74) is -1.44. The zero-order valence-electron chi connectivity index (χ0n) is 19.8. The van der Waals surface area contributed by atoms with E-state index in [1.807, 2.05) is 0 Å². The second-order valence-corrected chi connectivity index (χ2v) is 8.64. The number of carbonyl (C=O) groups is 2. The SMILES string of the molecule is O=C(NCc1ccc(C(=O)N2CCC(O)C2)cc1OC(F)(F)F)c1cc(=O)n(Cc2ccccc2)c(=O)[nH]1. The van der Waals surface area contributed by atoms with Crippen molar-refractivity contribution in [2.24, 2.45) is 0 Å². The normalized spacial score (nSPS) is 15.4. The highest BCUT2D eigenvalue weighted by molar-refractivity contribution is 5.95. The van der Waals surface area contributed by atoms with Crippen molar-refractivity contribution in [3.8, 4) is 5.75 Å². The van der Waals surface area contributed by atoms with Gasteiger partial charge in [0.05, 0.1) is 12.6 Å². The quantitative estimate of drug-likeness (QED) is 0.424. The molecule has 13 heteroatoms. The zero-order valence-corrected chi connectivity index (χ0v) is 19.8. The minimum Gasteiger partial charge on any atom is -0.405 e. The average molecular weight is 532 g/mol. The number of aromatic amines is 1. The molecule has 0 aliphatic carbocycles. The number of ether oxygens (including phenoxy) is 1. The van der Waals surface area contributed by atoms with Crippen molar-refractivity contribution in [1.29, 1.82) is 0 Å². The van der Waals surface area contributed by atoms with Crippen molar-refractivity contribution in [1.82, 2.24) is 19.8 Å². The van der Waals surface area contributed by atoms with Crippen LogP contribution in [0.5, 0.6) is 5.75 Å². The first kappa shape index (κ1) is 26.7. The number of halogens is 3. The average Bonchev–Trinajstić information content (AvgIpc) is 3.30. The fraction of sp³-hybridized carbons (Fsp3) is 0.280. The van der Waals surface area contributed by atoms with E-state index in [2.05, 4.69) is 15.0 Å². The van der Waals surface area contributed by atoms with Gasteiger partial charge >= 0.3 is 12.1 Å². The van der Waals surface area contributed by atoms with Gasteiger partial charge in [-0.1, -0.05) is 36.4 Å². The van der Waals surface area contributed by atoms with E-state index in [-0.39, 0.29) is 36.5 Å². The Kier molecular flexibility index (Phi) is 7.67. The Morgan fingerprint density at radius 1 is 1.11 bits per heavy atom. The van der Waals surface area contributed by atoms with Crippen LogP contribution in [0.4, 0.5) is 13.2 Å². The van der Waals surface area contributed by atoms with Crippen LogP contribution in [0.2, 0.25) is 0 Å². The smallest absolute Gasteiger partial charge is 0.405 e. The summed E-state index contributed by atoms with van der Waals surface area (Å²) in [6, 6.07) is 13.0. The maximum Gasteiger partial charge on any atom is 0.573 e. The van der Waals surface area contributed by atoms with E-state index in [0.717, 1.165) is 16.7 Å². The molecule has 3 N–H and O–H groups in total. The van der Waals surface area contributed by atoms with Gasteiger partial charge in [-0.3, -0.25) is 19.0 Å². The number of hydrogen-bond acceptors (Lipinski definition) is 6. The molecule has 1 aliphatic heterocycles. The third-order valence-electron chi connectivity index (χ3n) is 5.88. The van der Waals surface area contributed by atoms with Gasteiger partial charge in [0.1, 0.15) is 11.4 Å². The summed E-state index contributed by atoms with van der Waals surface area (Å²) < 4.78 is 44.1. The Balaban J connectivity index is 1.51. The lowest BCUT2D eigenvalue weighted by Crippen LogP contribution is -2.38. The first-order valence-electron chi connectivity index (χ1n) is 11.5. The highest BCUT2D eigenvalue weighted by atomic mass is 19.4. The van der Waals surface area contributed by atoms with Crippen LogP contribution in [0.15, 0.2) is 64.2 Å². The topological polar surface area (TPSA) is 134 Å². The Morgan fingerprint density at radius 2 is 1.84 bits per heavy atom. The molecule has 1 aromatic heterocycles. The van der Waals surface area contributed by atoms with E-state index in [0.29, 0.717) is 12.0 Å². The summed E-state index contributed by atoms with van der Waals surface area (Å²) in [7, 11) is 0. The van der Waals surface area contributed by atoms with Crippen molar-refractivity contribution in [3.63, 3.8) is 0 Å². The fourth-order valence-electron chi connectivity index (χ4n) is 3.99. The van der Waals surface area contributed by atoms with Gasteiger partial charge < -0.3 is 25.0 Å². The standard InChI is InChI=1S/C25H23F3N4O6/c26-25(27,28)38-20-10-16(23(36)31-9-8-18(33)14-31)6-7-17(20)12-29-22(35)19-11-21(34)32(24(37)30-19)13-15-4-2-1-3-5-15/h1-7,10-11,18,33H,8-9,12-14H2,(H,29,35)(H,30,37). The number of aliphatic hydroxyl groups is 1. The Labute approximate surface area is 213 Å². The van der Waals surface area contributed by atoms with Gasteiger partial charge in [-0.25, -0.2) is 4.79 Å². The molecule has 0 saturated carbocycles. The molecule has 2 aromatic carbocycles. The first-order valence-corrected chi connectivity index (χ1v) is 11.5. The van der Waals surface area contributed by atoms with E-state index in [9.17, 15) is 37.5 Å². The number of H-pyrrole nitrogens is 1. The maximum absolute atomic E-state index is 13.0. The predicted molar refractivity (Wildman–Crippen MR) is 128 cm³/mol. The second-order valence-electron chi connectivity index (χ2n) is 8.64. The number of nitrogens with one attached hydrogen (secondary N) is 2. The van der Waals surface area contributed by atoms with E-state index in [1.165, 1.54) is 17.0 Å². The lowest BCUT2D eigenvalue weighted by Gasteiger charge is -2.18. The van der Waals surface area contributed by atoms with Crippen LogP contribution >= 0.6 is 0 Å². The zero-order chi connectivity index (χ0) is 27.4. The summed E-state index contributed by atoms with van der Waals surface area (Å²) >= 11 is 0. The van der Waals surface area contributed by atoms with Crippen LogP contribution in [0.1, 0.15) is 38.4 Å². The third-order valence-corrected chi connectivity index (χ3v) is 5.88. The minimum atomic E-state index is -5.07. The van der Waals surface area contributed by atoms with Gasteiger partial charge in [-0.05, 0) is 24.1 Å². The van der Waals surface area contributed by atoms with Crippen molar-refractivity contribution < 1.29 is 32.6 Å². The lowest BCUT2D eigenvalue weighted by atomic mass is 10.1. The summed E-state index contributed by atoms with van der Waals surface area (Å²) in [6.45, 7) is -0.156. The van der Waals surface area contributed by atoms with Crippen LogP contribution in [-0.4, -0.2) is 56.9 Å². The second kappa shape index (κ2) is 10.9. The van der Waals surface area contributed by atoms with Crippen LogP contribution in [0.25, 0.3) is 0 Å². The number of benzene rings is 2. The molecule has 200 valence electrons. The number of nitrogens with zero attached hydrogens (tertiary/aromatic N) is 2. The molecule has 1 unspecified atom stereocenters. The summed E-state index contributed by atoms with van der Waals surface area (Å²) in [6.07, 6.45) is -5.41. The highest BCUT2D eigenvalue weighted by Gasteiger charge is 2.33. The van der Waals surface area contributed by atoms with Gasteiger partial charge in [0.2, 0.25) is 0 Å². The largest absolute Gasteiger partial charge is 0.573 e. The van der Waals surface area contributed by atoms with Crippen LogP contribution in [0.3, 0.4) is 0 Å². The van der Waals surface area contributed by atoms with E-state index in [4.69, 9.17) is 0 Å². The summed E-state index contributed by atoms with van der Waals surface area (Å²) in [4.78, 5) is 53.7. The highest BCUT2D eigenvalue weighted by Crippen LogP contribution is 2.28. The van der Waals surface area contributed by atoms with Crippen molar-refractivity contribution in [2.75, 3.05) is 13.1 Å². The Hall–Kier alpha value is -4.39. The number of likely N-dealkylation sites (tertiary alicyclic amines) is 1. The number of aliphatic hydroxyl groups excluding tert-OH is 1. The number of rotatable bonds is 7. The van der Waals surface area contributed by atoms with Gasteiger partial charge in [0, 0.05) is 36.8 Å². The van der Waals surface area contributed by atoms with Crippen molar-refractivity contribution in [2.45, 2.75) is 32.0 Å². The molecule has 1 aliphatic rings. The predicted octanol–water partition coefficient (Wildman–Crippen LogP) is 1.62. The molecule has 38 heavy (non-hydrogen) atoms. The maximum atomic E-state index is 13.0. The molecular formula is C25H23F3N4O6. The van der Waals surface area contributed by atoms with E-state index < -0.39 is 47.8 Å².